The Hall–Kier alpha value is -2.86. The van der Waals surface area contributed by atoms with E-state index in [-0.39, 0.29) is 12.5 Å². The second-order valence-electron chi connectivity index (χ2n) is 5.34. The van der Waals surface area contributed by atoms with Gasteiger partial charge in [-0.05, 0) is 30.2 Å². The summed E-state index contributed by atoms with van der Waals surface area (Å²) in [5, 5.41) is 2.87. The highest BCUT2D eigenvalue weighted by atomic mass is 16.5. The first kappa shape index (κ1) is 18.5. The van der Waals surface area contributed by atoms with Crippen LogP contribution in [0.5, 0.6) is 5.75 Å². The van der Waals surface area contributed by atoms with E-state index >= 15 is 0 Å². The largest absolute Gasteiger partial charge is 0.483 e. The molecule has 0 heterocycles. The number of hydrogen-bond donors (Lipinski definition) is 2. The van der Waals surface area contributed by atoms with Crippen molar-refractivity contribution in [3.05, 3.63) is 65.2 Å². The fourth-order valence-electron chi connectivity index (χ4n) is 2.28. The van der Waals surface area contributed by atoms with E-state index < -0.39 is 5.91 Å². The number of nitrogens with two attached hydrogens (primary N) is 1. The van der Waals surface area contributed by atoms with E-state index in [0.29, 0.717) is 31.1 Å². The van der Waals surface area contributed by atoms with Crippen LogP contribution in [0.4, 0.5) is 0 Å². The van der Waals surface area contributed by atoms with Gasteiger partial charge >= 0.3 is 0 Å². The molecule has 2 rings (SSSR count). The third-order valence-corrected chi connectivity index (χ3v) is 3.52. The number of primary amides is 1. The van der Waals surface area contributed by atoms with Crippen LogP contribution in [0, 0.1) is 0 Å². The van der Waals surface area contributed by atoms with Gasteiger partial charge in [-0.1, -0.05) is 36.4 Å². The minimum atomic E-state index is -0.597. The highest BCUT2D eigenvalue weighted by Gasteiger charge is 2.13. The monoisotopic (exact) mass is 342 g/mol. The van der Waals surface area contributed by atoms with Crippen LogP contribution < -0.4 is 15.8 Å². The molecule has 0 spiro atoms. The van der Waals surface area contributed by atoms with Crippen LogP contribution in [0.15, 0.2) is 48.5 Å². The Morgan fingerprint density at radius 3 is 2.44 bits per heavy atom. The molecule has 2 aromatic carbocycles. The Morgan fingerprint density at radius 1 is 1.04 bits per heavy atom. The summed E-state index contributed by atoms with van der Waals surface area (Å²) >= 11 is 0. The van der Waals surface area contributed by atoms with Gasteiger partial charge in [-0.3, -0.25) is 9.59 Å². The van der Waals surface area contributed by atoms with E-state index in [1.807, 2.05) is 31.2 Å². The Kier molecular flexibility index (Phi) is 6.98. The Bertz CT molecular complexity index is 731. The number of ether oxygens (including phenoxy) is 2. The molecule has 2 amide bonds. The second-order valence-corrected chi connectivity index (χ2v) is 5.34. The van der Waals surface area contributed by atoms with Crippen molar-refractivity contribution in [2.24, 2.45) is 5.73 Å². The van der Waals surface area contributed by atoms with E-state index in [9.17, 15) is 9.59 Å². The molecular formula is C19H22N2O4. The first-order valence-corrected chi connectivity index (χ1v) is 8.04. The summed E-state index contributed by atoms with van der Waals surface area (Å²) in [4.78, 5) is 23.3. The molecule has 0 aromatic heterocycles. The van der Waals surface area contributed by atoms with Gasteiger partial charge in [0.1, 0.15) is 5.75 Å². The Labute approximate surface area is 146 Å². The fourth-order valence-corrected chi connectivity index (χ4v) is 2.28. The third kappa shape index (κ3) is 5.61. The average Bonchev–Trinajstić information content (AvgIpc) is 2.63. The van der Waals surface area contributed by atoms with Crippen molar-refractivity contribution in [2.75, 3.05) is 13.2 Å². The lowest BCUT2D eigenvalue weighted by Gasteiger charge is -2.13. The van der Waals surface area contributed by atoms with E-state index in [1.165, 1.54) is 0 Å². The molecule has 0 fully saturated rings. The number of amides is 2. The topological polar surface area (TPSA) is 90.7 Å². The molecule has 0 aliphatic carbocycles. The highest BCUT2D eigenvalue weighted by molar-refractivity contribution is 5.97. The van der Waals surface area contributed by atoms with Crippen LogP contribution in [-0.2, 0) is 22.7 Å². The van der Waals surface area contributed by atoms with Crippen molar-refractivity contribution in [1.29, 1.82) is 0 Å². The molecular weight excluding hydrogens is 320 g/mol. The number of para-hydroxylation sites is 1. The van der Waals surface area contributed by atoms with E-state index in [2.05, 4.69) is 5.32 Å². The lowest BCUT2D eigenvalue weighted by Crippen LogP contribution is -2.25. The molecule has 0 atom stereocenters. The molecule has 6 nitrogen and oxygen atoms in total. The van der Waals surface area contributed by atoms with Crippen LogP contribution in [0.2, 0.25) is 0 Å². The molecule has 0 saturated carbocycles. The molecule has 0 aliphatic rings. The average molecular weight is 342 g/mol. The predicted molar refractivity (Wildman–Crippen MR) is 94.1 cm³/mol. The molecule has 0 unspecified atom stereocenters. The molecule has 6 heteroatoms. The molecule has 25 heavy (non-hydrogen) atoms. The van der Waals surface area contributed by atoms with Crippen LogP contribution in [0.3, 0.4) is 0 Å². The molecule has 0 radical (unpaired) electrons. The van der Waals surface area contributed by atoms with Crippen molar-refractivity contribution < 1.29 is 19.1 Å². The number of carbonyl (C=O) groups excluding carboxylic acids is 2. The van der Waals surface area contributed by atoms with Crippen molar-refractivity contribution in [1.82, 2.24) is 5.32 Å². The molecule has 0 bridgehead atoms. The van der Waals surface area contributed by atoms with E-state index in [0.717, 1.165) is 11.1 Å². The zero-order valence-corrected chi connectivity index (χ0v) is 14.2. The summed E-state index contributed by atoms with van der Waals surface area (Å²) in [7, 11) is 0. The number of carbonyl (C=O) groups is 2. The predicted octanol–water partition coefficient (Wildman–Crippen LogP) is 2.02. The van der Waals surface area contributed by atoms with Gasteiger partial charge in [-0.15, -0.1) is 0 Å². The summed E-state index contributed by atoms with van der Waals surface area (Å²) in [5.74, 6) is -0.562. The number of nitrogens with one attached hydrogen (secondary N) is 1. The van der Waals surface area contributed by atoms with Crippen molar-refractivity contribution >= 4 is 11.8 Å². The van der Waals surface area contributed by atoms with Crippen LogP contribution in [0.1, 0.15) is 28.4 Å². The normalized spacial score (nSPS) is 10.3. The maximum absolute atomic E-state index is 12.5. The lowest BCUT2D eigenvalue weighted by molar-refractivity contribution is -0.119. The van der Waals surface area contributed by atoms with Gasteiger partial charge in [0, 0.05) is 13.2 Å². The summed E-state index contributed by atoms with van der Waals surface area (Å²) in [6.07, 6.45) is 0. The van der Waals surface area contributed by atoms with Crippen molar-refractivity contribution in [3.63, 3.8) is 0 Å². The van der Waals surface area contributed by atoms with E-state index in [4.69, 9.17) is 15.2 Å². The minimum absolute atomic E-state index is 0.276. The summed E-state index contributed by atoms with van der Waals surface area (Å²) < 4.78 is 10.7. The zero-order valence-electron chi connectivity index (χ0n) is 14.2. The smallest absolute Gasteiger partial charge is 0.255 e. The maximum Gasteiger partial charge on any atom is 0.255 e. The van der Waals surface area contributed by atoms with Gasteiger partial charge < -0.3 is 20.5 Å². The zero-order chi connectivity index (χ0) is 18.1. The van der Waals surface area contributed by atoms with Crippen molar-refractivity contribution in [3.8, 4) is 5.75 Å². The first-order chi connectivity index (χ1) is 12.1. The standard InChI is InChI=1S/C19H22N2O4/c1-2-24-12-15-8-4-3-7-14(15)11-21-19(23)16-9-5-6-10-17(16)25-13-18(20)22/h3-10H,2,11-13H2,1H3,(H2,20,22)(H,21,23). The summed E-state index contributed by atoms with van der Waals surface area (Å²) in [6, 6.07) is 14.5. The van der Waals surface area contributed by atoms with Gasteiger partial charge in [0.2, 0.25) is 0 Å². The van der Waals surface area contributed by atoms with Gasteiger partial charge in [0.25, 0.3) is 11.8 Å². The minimum Gasteiger partial charge on any atom is -0.483 e. The number of rotatable bonds is 9. The summed E-state index contributed by atoms with van der Waals surface area (Å²) in [5.41, 5.74) is 7.45. The van der Waals surface area contributed by atoms with Crippen LogP contribution in [-0.4, -0.2) is 25.0 Å². The van der Waals surface area contributed by atoms with Crippen LogP contribution in [0.25, 0.3) is 0 Å². The molecule has 2 aromatic rings. The quantitative estimate of drug-likeness (QED) is 0.729. The highest BCUT2D eigenvalue weighted by Crippen LogP contribution is 2.18. The Balaban J connectivity index is 2.05. The molecule has 3 N–H and O–H groups in total. The van der Waals surface area contributed by atoms with Gasteiger partial charge in [-0.2, -0.15) is 0 Å². The first-order valence-electron chi connectivity index (χ1n) is 8.04. The second kappa shape index (κ2) is 9.44. The molecule has 0 aliphatic heterocycles. The van der Waals surface area contributed by atoms with Crippen molar-refractivity contribution in [2.45, 2.75) is 20.1 Å². The van der Waals surface area contributed by atoms with Gasteiger partial charge in [0.05, 0.1) is 12.2 Å². The number of benzene rings is 2. The third-order valence-electron chi connectivity index (χ3n) is 3.52. The molecule has 132 valence electrons. The fraction of sp³-hybridized carbons (Fsp3) is 0.263. The lowest BCUT2D eigenvalue weighted by atomic mass is 10.1. The van der Waals surface area contributed by atoms with Crippen LogP contribution >= 0.6 is 0 Å². The Morgan fingerprint density at radius 2 is 1.72 bits per heavy atom. The summed E-state index contributed by atoms with van der Waals surface area (Å²) in [6.45, 7) is 3.16. The number of hydrogen-bond acceptors (Lipinski definition) is 4. The molecule has 0 saturated heterocycles. The van der Waals surface area contributed by atoms with Gasteiger partial charge in [-0.25, -0.2) is 0 Å². The maximum atomic E-state index is 12.5. The SMILES string of the molecule is CCOCc1ccccc1CNC(=O)c1ccccc1OCC(N)=O. The van der Waals surface area contributed by atoms with Gasteiger partial charge in [0.15, 0.2) is 6.61 Å². The van der Waals surface area contributed by atoms with E-state index in [1.54, 1.807) is 24.3 Å².